The fourth-order valence-corrected chi connectivity index (χ4v) is 5.20. The molecule has 0 saturated carbocycles. The SMILES string of the molecule is O=C(NC1CCS(=O)(=O)CC1)N1CCCCC[C@H]1c1cccc(F)c1. The molecular weight excluding hydrogens is 343 g/mol. The molecule has 0 unspecified atom stereocenters. The van der Waals surface area contributed by atoms with E-state index in [0.29, 0.717) is 19.4 Å². The van der Waals surface area contributed by atoms with Crippen LogP contribution in [0, 0.1) is 5.82 Å². The van der Waals surface area contributed by atoms with E-state index in [0.717, 1.165) is 31.2 Å². The minimum Gasteiger partial charge on any atom is -0.335 e. The first-order valence-electron chi connectivity index (χ1n) is 8.98. The number of hydrogen-bond acceptors (Lipinski definition) is 3. The van der Waals surface area contributed by atoms with Gasteiger partial charge in [-0.25, -0.2) is 17.6 Å². The lowest BCUT2D eigenvalue weighted by atomic mass is 10.0. The summed E-state index contributed by atoms with van der Waals surface area (Å²) in [7, 11) is -2.95. The highest BCUT2D eigenvalue weighted by Gasteiger charge is 2.30. The second kappa shape index (κ2) is 7.72. The molecule has 2 aliphatic rings. The number of nitrogens with one attached hydrogen (secondary N) is 1. The maximum atomic E-state index is 13.6. The first kappa shape index (κ1) is 18.2. The number of amides is 2. The molecule has 25 heavy (non-hydrogen) atoms. The highest BCUT2D eigenvalue weighted by Crippen LogP contribution is 2.30. The van der Waals surface area contributed by atoms with E-state index in [1.165, 1.54) is 12.1 Å². The van der Waals surface area contributed by atoms with E-state index in [9.17, 15) is 17.6 Å². The summed E-state index contributed by atoms with van der Waals surface area (Å²) < 4.78 is 36.7. The van der Waals surface area contributed by atoms with E-state index >= 15 is 0 Å². The summed E-state index contributed by atoms with van der Waals surface area (Å²) in [6.45, 7) is 0.637. The van der Waals surface area contributed by atoms with E-state index in [2.05, 4.69) is 5.32 Å². The number of nitrogens with zero attached hydrogens (tertiary/aromatic N) is 1. The van der Waals surface area contributed by atoms with Gasteiger partial charge in [-0.1, -0.05) is 25.0 Å². The van der Waals surface area contributed by atoms with Gasteiger partial charge in [0.05, 0.1) is 17.5 Å². The molecule has 0 aliphatic carbocycles. The van der Waals surface area contributed by atoms with Crippen LogP contribution in [-0.4, -0.2) is 43.4 Å². The summed E-state index contributed by atoms with van der Waals surface area (Å²) in [5.74, 6) is -0.0316. The molecule has 5 nitrogen and oxygen atoms in total. The lowest BCUT2D eigenvalue weighted by molar-refractivity contribution is 0.171. The molecule has 2 saturated heterocycles. The van der Waals surface area contributed by atoms with Crippen molar-refractivity contribution in [3.05, 3.63) is 35.6 Å². The zero-order chi connectivity index (χ0) is 17.9. The van der Waals surface area contributed by atoms with Crippen molar-refractivity contribution in [1.82, 2.24) is 10.2 Å². The van der Waals surface area contributed by atoms with Gasteiger partial charge in [0.15, 0.2) is 0 Å². The minimum absolute atomic E-state index is 0.104. The van der Waals surface area contributed by atoms with Crippen molar-refractivity contribution < 1.29 is 17.6 Å². The van der Waals surface area contributed by atoms with Gasteiger partial charge in [0, 0.05) is 12.6 Å². The quantitative estimate of drug-likeness (QED) is 0.873. The molecular formula is C18H25FN2O3S. The molecule has 1 atom stereocenters. The van der Waals surface area contributed by atoms with Gasteiger partial charge in [0.25, 0.3) is 0 Å². The van der Waals surface area contributed by atoms with Crippen LogP contribution in [0.3, 0.4) is 0 Å². The highest BCUT2D eigenvalue weighted by atomic mass is 32.2. The van der Waals surface area contributed by atoms with Gasteiger partial charge in [0.1, 0.15) is 15.7 Å². The van der Waals surface area contributed by atoms with Gasteiger partial charge in [-0.15, -0.1) is 0 Å². The first-order chi connectivity index (χ1) is 11.9. The van der Waals surface area contributed by atoms with E-state index < -0.39 is 9.84 Å². The van der Waals surface area contributed by atoms with E-state index in [1.54, 1.807) is 11.0 Å². The first-order valence-corrected chi connectivity index (χ1v) is 10.8. The molecule has 138 valence electrons. The van der Waals surface area contributed by atoms with Crippen LogP contribution in [0.15, 0.2) is 24.3 Å². The van der Waals surface area contributed by atoms with Crippen LogP contribution >= 0.6 is 0 Å². The molecule has 1 aromatic carbocycles. The van der Waals surface area contributed by atoms with Crippen molar-refractivity contribution in [3.63, 3.8) is 0 Å². The smallest absolute Gasteiger partial charge is 0.318 e. The second-order valence-corrected chi connectivity index (χ2v) is 9.29. The largest absolute Gasteiger partial charge is 0.335 e. The maximum absolute atomic E-state index is 13.6. The van der Waals surface area contributed by atoms with Crippen LogP contribution in [-0.2, 0) is 9.84 Å². The van der Waals surface area contributed by atoms with Gasteiger partial charge < -0.3 is 10.2 Å². The molecule has 2 fully saturated rings. The average molecular weight is 368 g/mol. The van der Waals surface area contributed by atoms with Crippen molar-refractivity contribution in [2.75, 3.05) is 18.1 Å². The summed E-state index contributed by atoms with van der Waals surface area (Å²) in [6, 6.07) is 6.05. The van der Waals surface area contributed by atoms with Crippen molar-refractivity contribution >= 4 is 15.9 Å². The van der Waals surface area contributed by atoms with E-state index in [4.69, 9.17) is 0 Å². The molecule has 1 aromatic rings. The van der Waals surface area contributed by atoms with Gasteiger partial charge in [-0.05, 0) is 43.4 Å². The van der Waals surface area contributed by atoms with Crippen molar-refractivity contribution in [2.24, 2.45) is 0 Å². The zero-order valence-corrected chi connectivity index (χ0v) is 15.1. The summed E-state index contributed by atoms with van der Waals surface area (Å²) >= 11 is 0. The van der Waals surface area contributed by atoms with Crippen molar-refractivity contribution in [3.8, 4) is 0 Å². The molecule has 2 heterocycles. The third-order valence-electron chi connectivity index (χ3n) is 5.13. The fourth-order valence-electron chi connectivity index (χ4n) is 3.70. The maximum Gasteiger partial charge on any atom is 0.318 e. The molecule has 0 spiro atoms. The number of sulfone groups is 1. The number of carbonyl (C=O) groups excluding carboxylic acids is 1. The van der Waals surface area contributed by atoms with Crippen LogP contribution in [0.4, 0.5) is 9.18 Å². The van der Waals surface area contributed by atoms with Crippen LogP contribution in [0.1, 0.15) is 50.1 Å². The third-order valence-corrected chi connectivity index (χ3v) is 6.84. The Morgan fingerprint density at radius 2 is 1.88 bits per heavy atom. The Labute approximate surface area is 148 Å². The predicted octanol–water partition coefficient (Wildman–Crippen LogP) is 3.03. The molecule has 1 N–H and O–H groups in total. The lowest BCUT2D eigenvalue weighted by Gasteiger charge is -2.33. The van der Waals surface area contributed by atoms with Gasteiger partial charge in [-0.3, -0.25) is 0 Å². The number of carbonyl (C=O) groups is 1. The van der Waals surface area contributed by atoms with Crippen LogP contribution < -0.4 is 5.32 Å². The Morgan fingerprint density at radius 1 is 1.12 bits per heavy atom. The Kier molecular flexibility index (Phi) is 5.61. The second-order valence-electron chi connectivity index (χ2n) is 6.99. The van der Waals surface area contributed by atoms with Crippen LogP contribution in [0.25, 0.3) is 0 Å². The van der Waals surface area contributed by atoms with Crippen LogP contribution in [0.2, 0.25) is 0 Å². The molecule has 3 rings (SSSR count). The average Bonchev–Trinajstić information content (AvgIpc) is 2.83. The molecule has 7 heteroatoms. The van der Waals surface area contributed by atoms with Gasteiger partial charge in [-0.2, -0.15) is 0 Å². The van der Waals surface area contributed by atoms with Crippen molar-refractivity contribution in [2.45, 2.75) is 50.6 Å². The third kappa shape index (κ3) is 4.71. The summed E-state index contributed by atoms with van der Waals surface area (Å²) in [5.41, 5.74) is 0.822. The molecule has 2 amide bonds. The standard InChI is InChI=1S/C18H25FN2O3S/c19-15-6-4-5-14(13-15)17-7-2-1-3-10-21(17)18(22)20-16-8-11-25(23,24)12-9-16/h4-6,13,16-17H,1-3,7-12H2,(H,20,22)/t17-/m0/s1. The van der Waals surface area contributed by atoms with Gasteiger partial charge in [0.2, 0.25) is 0 Å². The zero-order valence-electron chi connectivity index (χ0n) is 14.3. The number of halogens is 1. The summed E-state index contributed by atoms with van der Waals surface area (Å²) in [4.78, 5) is 14.6. The number of likely N-dealkylation sites (tertiary alicyclic amines) is 1. The van der Waals surface area contributed by atoms with Crippen molar-refractivity contribution in [1.29, 1.82) is 0 Å². The van der Waals surface area contributed by atoms with E-state index in [1.807, 2.05) is 6.07 Å². The lowest BCUT2D eigenvalue weighted by Crippen LogP contribution is -2.48. The molecule has 2 aliphatic heterocycles. The minimum atomic E-state index is -2.95. The Morgan fingerprint density at radius 3 is 2.60 bits per heavy atom. The number of rotatable bonds is 2. The normalized spacial score (nSPS) is 24.5. The predicted molar refractivity (Wildman–Crippen MR) is 94.5 cm³/mol. The molecule has 0 radical (unpaired) electrons. The van der Waals surface area contributed by atoms with Gasteiger partial charge >= 0.3 is 6.03 Å². The summed E-state index contributed by atoms with van der Waals surface area (Å²) in [6.07, 6.45) is 4.73. The Hall–Kier alpha value is -1.63. The fraction of sp³-hybridized carbons (Fsp3) is 0.611. The number of hydrogen-bond donors (Lipinski definition) is 1. The monoisotopic (exact) mass is 368 g/mol. The summed E-state index contributed by atoms with van der Waals surface area (Å²) in [5, 5.41) is 3.00. The topological polar surface area (TPSA) is 66.5 Å². The van der Waals surface area contributed by atoms with Crippen LogP contribution in [0.5, 0.6) is 0 Å². The Balaban J connectivity index is 1.71. The highest BCUT2D eigenvalue weighted by molar-refractivity contribution is 7.91. The Bertz CT molecular complexity index is 709. The van der Waals surface area contributed by atoms with E-state index in [-0.39, 0.29) is 35.4 Å². The molecule has 0 aromatic heterocycles. The number of urea groups is 1. The molecule has 0 bridgehead atoms. The number of benzene rings is 1.